The lowest BCUT2D eigenvalue weighted by Gasteiger charge is -2.23. The normalized spacial score (nSPS) is 13.6. The van der Waals surface area contributed by atoms with Crippen LogP contribution in [-0.2, 0) is 20.3 Å². The highest BCUT2D eigenvalue weighted by Crippen LogP contribution is 2.40. The molecule has 9 heteroatoms. The third kappa shape index (κ3) is 3.47. The Morgan fingerprint density at radius 2 is 1.72 bits per heavy atom. The Kier molecular flexibility index (Phi) is 4.84. The van der Waals surface area contributed by atoms with Gasteiger partial charge in [0.1, 0.15) is 6.67 Å². The van der Waals surface area contributed by atoms with E-state index in [0.717, 1.165) is 38.9 Å². The van der Waals surface area contributed by atoms with Gasteiger partial charge in [-0.15, -0.1) is 0 Å². The molecule has 0 aliphatic carbocycles. The van der Waals surface area contributed by atoms with Gasteiger partial charge in [0.25, 0.3) is 0 Å². The maximum Gasteiger partial charge on any atom is 0.225 e. The largest absolute Gasteiger partial charge is 0.278 e. The van der Waals surface area contributed by atoms with Crippen LogP contribution >= 0.6 is 0 Å². The molecule has 0 unspecified atom stereocenters. The molecule has 0 radical (unpaired) electrons. The molecular formula is C23H24N8O. The van der Waals surface area contributed by atoms with E-state index in [4.69, 9.17) is 5.41 Å². The summed E-state index contributed by atoms with van der Waals surface area (Å²) in [6.07, 6.45) is 1.87. The van der Waals surface area contributed by atoms with Crippen molar-refractivity contribution in [2.45, 2.75) is 27.1 Å². The summed E-state index contributed by atoms with van der Waals surface area (Å²) in [7, 11) is 1.86. The second kappa shape index (κ2) is 7.70. The van der Waals surface area contributed by atoms with E-state index >= 15 is 0 Å². The van der Waals surface area contributed by atoms with E-state index in [1.807, 2.05) is 75.6 Å². The Morgan fingerprint density at radius 3 is 2.38 bits per heavy atom. The smallest absolute Gasteiger partial charge is 0.225 e. The fourth-order valence-corrected chi connectivity index (χ4v) is 4.16. The fourth-order valence-electron chi connectivity index (χ4n) is 4.16. The van der Waals surface area contributed by atoms with Crippen LogP contribution in [0.1, 0.15) is 17.1 Å². The summed E-state index contributed by atoms with van der Waals surface area (Å²) in [5, 5.41) is 27.1. The second-order valence-electron chi connectivity index (χ2n) is 7.99. The summed E-state index contributed by atoms with van der Waals surface area (Å²) >= 11 is 0. The lowest BCUT2D eigenvalue weighted by Crippen LogP contribution is -2.34. The first kappa shape index (κ1) is 20.1. The molecule has 162 valence electrons. The minimum atomic E-state index is 0.0765. The minimum absolute atomic E-state index is 0.0765. The first-order chi connectivity index (χ1) is 15.4. The third-order valence-corrected chi connectivity index (χ3v) is 5.48. The number of pyridine rings is 1. The average molecular weight is 429 g/mol. The molecule has 0 atom stereocenters. The fraction of sp³-hybridized carbons (Fsp3) is 0.217. The van der Waals surface area contributed by atoms with Gasteiger partial charge in [-0.3, -0.25) is 24.8 Å². The molecule has 0 fully saturated rings. The number of rotatable bonds is 4. The quantitative estimate of drug-likeness (QED) is 0.518. The van der Waals surface area contributed by atoms with E-state index in [1.165, 1.54) is 0 Å². The van der Waals surface area contributed by atoms with Crippen LogP contribution in [-0.4, -0.2) is 34.5 Å². The van der Waals surface area contributed by atoms with Crippen LogP contribution in [0.5, 0.6) is 0 Å². The SMILES string of the molecule is Cc1cc(-c2c(-c3ccccc3)nc(=N)n3c2N(O)N(Cc2ccn(C)n2)C3)cc(C)n1. The number of anilines is 1. The summed E-state index contributed by atoms with van der Waals surface area (Å²) in [6, 6.07) is 15.6. The molecule has 0 saturated heterocycles. The molecule has 3 aromatic heterocycles. The predicted octanol–water partition coefficient (Wildman–Crippen LogP) is 3.03. The van der Waals surface area contributed by atoms with Crippen LogP contribution < -0.4 is 10.8 Å². The number of hydrogen-bond acceptors (Lipinski definition) is 7. The molecule has 2 N–H and O–H groups in total. The molecule has 1 aliphatic heterocycles. The molecule has 1 aromatic carbocycles. The highest BCUT2D eigenvalue weighted by Gasteiger charge is 2.33. The van der Waals surface area contributed by atoms with Crippen molar-refractivity contribution in [3.63, 3.8) is 0 Å². The van der Waals surface area contributed by atoms with E-state index in [9.17, 15) is 5.21 Å². The topological polar surface area (TPSA) is 99.1 Å². The molecular weight excluding hydrogens is 404 g/mol. The van der Waals surface area contributed by atoms with Crippen LogP contribution in [0, 0.1) is 19.3 Å². The molecule has 0 bridgehead atoms. The standard InChI is InChI=1S/C23H24N8O/c1-15-11-18(12-16(2)25-15)20-21(17-7-5-4-6-8-17)26-23(24)30-14-29(31(32)22(20)30)13-19-9-10-28(3)27-19/h4-12,24,32H,13-14H2,1-3H3. The molecule has 9 nitrogen and oxygen atoms in total. The number of nitrogens with zero attached hydrogens (tertiary/aromatic N) is 7. The Balaban J connectivity index is 1.71. The third-order valence-electron chi connectivity index (χ3n) is 5.48. The van der Waals surface area contributed by atoms with Crippen LogP contribution in [0.4, 0.5) is 5.82 Å². The average Bonchev–Trinajstić information content (AvgIpc) is 3.32. The lowest BCUT2D eigenvalue weighted by atomic mass is 9.99. The van der Waals surface area contributed by atoms with Gasteiger partial charge in [-0.05, 0) is 37.6 Å². The van der Waals surface area contributed by atoms with Gasteiger partial charge in [-0.2, -0.15) is 15.3 Å². The number of aryl methyl sites for hydroxylation is 3. The van der Waals surface area contributed by atoms with Gasteiger partial charge in [0.15, 0.2) is 5.82 Å². The van der Waals surface area contributed by atoms with E-state index in [2.05, 4.69) is 15.1 Å². The van der Waals surface area contributed by atoms with E-state index in [1.54, 1.807) is 14.3 Å². The minimum Gasteiger partial charge on any atom is -0.278 e. The zero-order chi connectivity index (χ0) is 22.4. The number of nitrogens with one attached hydrogen (secondary N) is 1. The first-order valence-electron chi connectivity index (χ1n) is 10.3. The van der Waals surface area contributed by atoms with Gasteiger partial charge >= 0.3 is 0 Å². The molecule has 0 saturated carbocycles. The zero-order valence-corrected chi connectivity index (χ0v) is 18.2. The zero-order valence-electron chi connectivity index (χ0n) is 18.2. The monoisotopic (exact) mass is 428 g/mol. The van der Waals surface area contributed by atoms with Crippen molar-refractivity contribution in [1.29, 1.82) is 5.41 Å². The van der Waals surface area contributed by atoms with Crippen molar-refractivity contribution in [1.82, 2.24) is 29.3 Å². The molecule has 1 aliphatic rings. The molecule has 0 amide bonds. The maximum absolute atomic E-state index is 11.3. The van der Waals surface area contributed by atoms with Crippen molar-refractivity contribution >= 4 is 5.82 Å². The highest BCUT2D eigenvalue weighted by molar-refractivity contribution is 5.88. The van der Waals surface area contributed by atoms with Crippen molar-refractivity contribution in [2.75, 3.05) is 5.17 Å². The van der Waals surface area contributed by atoms with Gasteiger partial charge in [0.05, 0.1) is 23.5 Å². The molecule has 4 heterocycles. The van der Waals surface area contributed by atoms with Crippen LogP contribution in [0.3, 0.4) is 0 Å². The number of fused-ring (bicyclic) bond motifs is 1. The van der Waals surface area contributed by atoms with E-state index in [-0.39, 0.29) is 5.62 Å². The van der Waals surface area contributed by atoms with E-state index < -0.39 is 0 Å². The Bertz CT molecular complexity index is 1340. The summed E-state index contributed by atoms with van der Waals surface area (Å²) in [5.74, 6) is 0.504. The number of hydrazine groups is 1. The lowest BCUT2D eigenvalue weighted by molar-refractivity contribution is 0.0612. The van der Waals surface area contributed by atoms with E-state index in [0.29, 0.717) is 24.7 Å². The molecule has 0 spiro atoms. The van der Waals surface area contributed by atoms with Crippen molar-refractivity contribution in [3.8, 4) is 22.4 Å². The maximum atomic E-state index is 11.3. The molecule has 4 aromatic rings. The van der Waals surface area contributed by atoms with Gasteiger partial charge in [-0.1, -0.05) is 30.3 Å². The van der Waals surface area contributed by atoms with Crippen LogP contribution in [0.25, 0.3) is 22.4 Å². The van der Waals surface area contributed by atoms with Crippen molar-refractivity contribution < 1.29 is 5.21 Å². The molecule has 5 rings (SSSR count). The second-order valence-corrected chi connectivity index (χ2v) is 7.99. The van der Waals surface area contributed by atoms with Crippen LogP contribution in [0.15, 0.2) is 54.7 Å². The molecule has 32 heavy (non-hydrogen) atoms. The van der Waals surface area contributed by atoms with Gasteiger partial charge < -0.3 is 0 Å². The van der Waals surface area contributed by atoms with Gasteiger partial charge in [0, 0.05) is 30.2 Å². The van der Waals surface area contributed by atoms with Gasteiger partial charge in [0.2, 0.25) is 5.62 Å². The summed E-state index contributed by atoms with van der Waals surface area (Å²) in [4.78, 5) is 9.16. The number of aromatic nitrogens is 5. The van der Waals surface area contributed by atoms with Gasteiger partial charge in [-0.25, -0.2) is 4.98 Å². The first-order valence-corrected chi connectivity index (χ1v) is 10.3. The Morgan fingerprint density at radius 1 is 1.00 bits per heavy atom. The highest BCUT2D eigenvalue weighted by atomic mass is 16.6. The summed E-state index contributed by atoms with van der Waals surface area (Å²) < 4.78 is 3.43. The summed E-state index contributed by atoms with van der Waals surface area (Å²) in [6.45, 7) is 4.58. The predicted molar refractivity (Wildman–Crippen MR) is 119 cm³/mol. The van der Waals surface area contributed by atoms with Crippen molar-refractivity contribution in [2.24, 2.45) is 7.05 Å². The number of hydrogen-bond donors (Lipinski definition) is 2. The van der Waals surface area contributed by atoms with Crippen molar-refractivity contribution in [3.05, 3.63) is 77.4 Å². The summed E-state index contributed by atoms with van der Waals surface area (Å²) in [5.41, 5.74) is 5.82. The Labute approximate surface area is 185 Å². The van der Waals surface area contributed by atoms with Crippen LogP contribution in [0.2, 0.25) is 0 Å². The number of benzene rings is 1. The Hall–Kier alpha value is -3.82.